The van der Waals surface area contributed by atoms with Crippen LogP contribution in [0.5, 0.6) is 5.75 Å². The van der Waals surface area contributed by atoms with Gasteiger partial charge in [0.25, 0.3) is 5.91 Å². The van der Waals surface area contributed by atoms with E-state index in [0.717, 1.165) is 9.78 Å². The second-order valence-corrected chi connectivity index (χ2v) is 19.9. The maximum absolute atomic E-state index is 15.0. The van der Waals surface area contributed by atoms with Crippen molar-refractivity contribution in [2.24, 2.45) is 17.8 Å². The molecule has 3 fully saturated rings. The Kier molecular flexibility index (Phi) is 11.3. The third-order valence-corrected chi connectivity index (χ3v) is 14.9. The minimum Gasteiger partial charge on any atom is -0.488 e. The summed E-state index contributed by atoms with van der Waals surface area (Å²) in [7, 11) is -4.11. The highest BCUT2D eigenvalue weighted by Gasteiger charge is 2.64. The number of carboxylic acid groups (broad SMARTS) is 1. The number of thiazole rings is 1. The van der Waals surface area contributed by atoms with Gasteiger partial charge in [-0.25, -0.2) is 13.2 Å². The fourth-order valence-electron chi connectivity index (χ4n) is 7.95. The quantitative estimate of drug-likeness (QED) is 0.289. The number of nitrogens with zero attached hydrogens (tertiary/aromatic N) is 4. The Morgan fingerprint density at radius 2 is 1.86 bits per heavy atom. The number of aryl methyl sites for hydroxylation is 1. The molecule has 2 aliphatic carbocycles. The number of nitrogens with one attached hydrogen (secondary N) is 2. The van der Waals surface area contributed by atoms with E-state index in [1.54, 1.807) is 36.8 Å². The monoisotopic (exact) mass is 838 g/mol. The highest BCUT2D eigenvalue weighted by atomic mass is 32.2. The summed E-state index contributed by atoms with van der Waals surface area (Å²) in [6, 6.07) is -0.0217. The van der Waals surface area contributed by atoms with Crippen LogP contribution in [0.3, 0.4) is 0 Å². The van der Waals surface area contributed by atoms with Crippen LogP contribution in [0.25, 0.3) is 10.6 Å². The average molecular weight is 839 g/mol. The van der Waals surface area contributed by atoms with Crippen LogP contribution < -0.4 is 14.8 Å². The summed E-state index contributed by atoms with van der Waals surface area (Å²) in [5, 5.41) is 13.2. The Hall–Kier alpha value is -4.26. The first-order chi connectivity index (χ1) is 26.5. The van der Waals surface area contributed by atoms with Crippen molar-refractivity contribution < 1.29 is 50.6 Å². The van der Waals surface area contributed by atoms with Crippen LogP contribution in [0.4, 0.5) is 18.0 Å². The van der Waals surface area contributed by atoms with E-state index < -0.39 is 85.9 Å². The highest BCUT2D eigenvalue weighted by molar-refractivity contribution is 7.91. The first-order valence-electron chi connectivity index (χ1n) is 19.0. The Balaban J connectivity index is 1.41. The minimum atomic E-state index is -5.08. The van der Waals surface area contributed by atoms with Gasteiger partial charge in [-0.3, -0.25) is 34.0 Å². The normalized spacial score (nSPS) is 29.2. The molecule has 0 radical (unpaired) electrons. The van der Waals surface area contributed by atoms with Gasteiger partial charge in [0, 0.05) is 36.4 Å². The van der Waals surface area contributed by atoms with Gasteiger partial charge < -0.3 is 20.1 Å². The Morgan fingerprint density at radius 1 is 1.16 bits per heavy atom. The highest BCUT2D eigenvalue weighted by Crippen LogP contribution is 2.48. The van der Waals surface area contributed by atoms with Crippen molar-refractivity contribution in [3.8, 4) is 16.3 Å². The van der Waals surface area contributed by atoms with Crippen LogP contribution in [0.2, 0.25) is 0 Å². The number of rotatable bonds is 8. The first-order valence-corrected chi connectivity index (χ1v) is 21.3. The van der Waals surface area contributed by atoms with Gasteiger partial charge in [0.15, 0.2) is 0 Å². The molecule has 0 aromatic carbocycles. The number of halogens is 3. The van der Waals surface area contributed by atoms with Crippen molar-refractivity contribution >= 4 is 45.2 Å². The van der Waals surface area contributed by atoms with Gasteiger partial charge in [-0.2, -0.15) is 13.2 Å². The molecule has 4 amide bonds. The molecule has 0 bridgehead atoms. The molecular weight excluding hydrogens is 790 g/mol. The van der Waals surface area contributed by atoms with E-state index in [1.165, 1.54) is 25.2 Å². The van der Waals surface area contributed by atoms with Crippen LogP contribution in [0.1, 0.15) is 85.3 Å². The van der Waals surface area contributed by atoms with Gasteiger partial charge in [0.05, 0.1) is 27.4 Å². The largest absolute Gasteiger partial charge is 0.488 e. The molecule has 7 atom stereocenters. The molecular formula is C38H49F3N6O8S2. The second-order valence-electron chi connectivity index (χ2n) is 16.8. The molecule has 2 aromatic rings. The van der Waals surface area contributed by atoms with E-state index >= 15 is 0 Å². The molecule has 6 rings (SSSR count). The number of ether oxygens (including phenoxy) is 1. The third-order valence-electron chi connectivity index (χ3n) is 11.9. The predicted octanol–water partition coefficient (Wildman–Crippen LogP) is 5.44. The zero-order valence-electron chi connectivity index (χ0n) is 32.6. The van der Waals surface area contributed by atoms with Gasteiger partial charge in [-0.1, -0.05) is 26.0 Å². The number of carbonyl (C=O) groups is 4. The molecule has 2 saturated carbocycles. The lowest BCUT2D eigenvalue weighted by molar-refractivity contribution is -0.222. The Morgan fingerprint density at radius 3 is 2.47 bits per heavy atom. The zero-order valence-corrected chi connectivity index (χ0v) is 34.3. The summed E-state index contributed by atoms with van der Waals surface area (Å²) in [5.74, 6) is -4.20. The number of carbonyl (C=O) groups excluding carboxylic acids is 3. The summed E-state index contributed by atoms with van der Waals surface area (Å²) >= 11 is 1.35. The molecule has 14 nitrogen and oxygen atoms in total. The smallest absolute Gasteiger partial charge is 0.411 e. The molecule has 4 heterocycles. The van der Waals surface area contributed by atoms with Crippen molar-refractivity contribution in [1.82, 2.24) is 29.8 Å². The van der Waals surface area contributed by atoms with E-state index in [2.05, 4.69) is 20.0 Å². The molecule has 0 unspecified atom stereocenters. The summed E-state index contributed by atoms with van der Waals surface area (Å²) in [6.07, 6.45) is -1.02. The number of alkyl halides is 3. The topological polar surface area (TPSA) is 188 Å². The Bertz CT molecular complexity index is 2040. The Labute approximate surface area is 333 Å². The maximum atomic E-state index is 15.0. The van der Waals surface area contributed by atoms with Crippen molar-refractivity contribution in [3.63, 3.8) is 0 Å². The number of hydrogen-bond acceptors (Lipinski definition) is 10. The molecule has 3 N–H and O–H groups in total. The number of amides is 4. The molecule has 2 aliphatic heterocycles. The van der Waals surface area contributed by atoms with Crippen molar-refractivity contribution in [2.45, 2.75) is 127 Å². The van der Waals surface area contributed by atoms with Crippen LogP contribution >= 0.6 is 11.3 Å². The predicted molar refractivity (Wildman–Crippen MR) is 203 cm³/mol. The van der Waals surface area contributed by atoms with Gasteiger partial charge in [-0.15, -0.1) is 11.3 Å². The number of allylic oxidation sites excluding steroid dienone is 1. The third kappa shape index (κ3) is 8.36. The minimum absolute atomic E-state index is 0.0618. The number of hydrogen-bond donors (Lipinski definition) is 3. The molecule has 1 saturated heterocycles. The first kappa shape index (κ1) is 42.3. The number of fused-ring (bicyclic) bond motifs is 2. The lowest BCUT2D eigenvalue weighted by Gasteiger charge is -2.45. The standard InChI is InChI=1S/C38H49F3N6O8S2/c1-21-9-7-8-10-24-17-37(24,33(50)45-57(53,54)36(6)11-12-36)44-31(48)28-16-26(55-25-14-23(3)43-27(15-25)29-18-42-20-56-29)19-46(28)32(49)30(22(2)13-21)47(34(51)52)35(4,5)38(39,40)41/h8,10,14-15,18,20-22,24,26,28,30H,7,9,11-13,16-17,19H2,1-6H3,(H,44,48)(H,45,50)(H,51,52)/t21-,22+,24+,26+,28-,30-,37+/m0/s1. The van der Waals surface area contributed by atoms with E-state index in [9.17, 15) is 45.9 Å². The summed E-state index contributed by atoms with van der Waals surface area (Å²) in [6.45, 7) is 7.73. The summed E-state index contributed by atoms with van der Waals surface area (Å²) in [5.41, 5.74) is -1.94. The van der Waals surface area contributed by atoms with E-state index in [-0.39, 0.29) is 36.6 Å². The van der Waals surface area contributed by atoms with Gasteiger partial charge in [0.2, 0.25) is 21.8 Å². The van der Waals surface area contributed by atoms with E-state index in [4.69, 9.17) is 4.74 Å². The zero-order chi connectivity index (χ0) is 41.9. The van der Waals surface area contributed by atoms with Gasteiger partial charge in [0.1, 0.15) is 35.0 Å². The lowest BCUT2D eigenvalue weighted by atomic mass is 9.85. The SMILES string of the molecule is Cc1cc(O[C@@H]2C[C@H]3C(=O)N[C@]4(C(=O)NS(=O)(=O)C5(C)CC5)C[C@H]4C=CCC[C@H](C)C[C@@H](C)[C@H](N(C(=O)O)C(C)(C)C(F)(F)F)C(=O)N3C2)cc(-c2cncs2)n1. The van der Waals surface area contributed by atoms with Crippen LogP contribution in [-0.4, -0.2) is 104 Å². The maximum Gasteiger partial charge on any atom is 0.411 e. The lowest BCUT2D eigenvalue weighted by Crippen LogP contribution is -2.66. The molecule has 2 aromatic heterocycles. The average Bonchev–Trinajstić information content (AvgIpc) is 3.85. The molecule has 19 heteroatoms. The van der Waals surface area contributed by atoms with Crippen molar-refractivity contribution in [2.75, 3.05) is 6.54 Å². The summed E-state index contributed by atoms with van der Waals surface area (Å²) in [4.78, 5) is 66.9. The van der Waals surface area contributed by atoms with E-state index in [0.29, 0.717) is 56.7 Å². The van der Waals surface area contributed by atoms with Gasteiger partial charge in [-0.05, 0) is 78.1 Å². The second kappa shape index (κ2) is 15.2. The fourth-order valence-corrected chi connectivity index (χ4v) is 9.84. The molecule has 4 aliphatic rings. The number of aromatic nitrogens is 2. The van der Waals surface area contributed by atoms with Gasteiger partial charge >= 0.3 is 12.3 Å². The number of pyridine rings is 1. The molecule has 312 valence electrons. The van der Waals surface area contributed by atoms with Crippen LogP contribution in [0, 0.1) is 24.7 Å². The molecule has 0 spiro atoms. The summed E-state index contributed by atoms with van der Waals surface area (Å²) < 4.78 is 77.8. The van der Waals surface area contributed by atoms with Crippen LogP contribution in [0.15, 0.2) is 36.0 Å². The van der Waals surface area contributed by atoms with Crippen molar-refractivity contribution in [3.05, 3.63) is 41.7 Å². The van der Waals surface area contributed by atoms with Crippen LogP contribution in [-0.2, 0) is 24.4 Å². The fraction of sp³-hybridized carbons (Fsp3) is 0.632. The molecule has 57 heavy (non-hydrogen) atoms. The van der Waals surface area contributed by atoms with E-state index in [1.807, 2.05) is 13.0 Å². The number of sulfonamides is 1. The van der Waals surface area contributed by atoms with Crippen molar-refractivity contribution in [1.29, 1.82) is 0 Å².